The molecule has 1 aliphatic rings. The van der Waals surface area contributed by atoms with Crippen LogP contribution in [-0.4, -0.2) is 51.4 Å². The van der Waals surface area contributed by atoms with Crippen molar-refractivity contribution >= 4 is 17.2 Å². The Bertz CT molecular complexity index is 964. The molecule has 140 valence electrons. The minimum Gasteiger partial charge on any atom is -0.369 e. The fourth-order valence-electron chi connectivity index (χ4n) is 3.83. The van der Waals surface area contributed by atoms with Crippen LogP contribution in [0.3, 0.4) is 0 Å². The standard InChI is InChI=1S/C21H25N5O/c1-16-5-3-10-26-18(15-23-21(16)26)13-20(27)25-9-4-8-24(11-12-25)19-6-7-22-14-17(19)2/h3,5-7,10,14-15H,4,8-9,11-13H2,1-2H3. The number of aromatic nitrogens is 3. The van der Waals surface area contributed by atoms with Gasteiger partial charge in [0.05, 0.1) is 12.1 Å². The molecule has 6 heteroatoms. The van der Waals surface area contributed by atoms with E-state index >= 15 is 0 Å². The molecule has 4 rings (SSSR count). The molecule has 0 radical (unpaired) electrons. The van der Waals surface area contributed by atoms with Gasteiger partial charge in [-0.3, -0.25) is 9.78 Å². The number of pyridine rings is 2. The van der Waals surface area contributed by atoms with Crippen LogP contribution in [0.1, 0.15) is 23.2 Å². The molecule has 0 saturated carbocycles. The zero-order chi connectivity index (χ0) is 18.8. The summed E-state index contributed by atoms with van der Waals surface area (Å²) >= 11 is 0. The first-order valence-corrected chi connectivity index (χ1v) is 9.48. The van der Waals surface area contributed by atoms with Gasteiger partial charge in [-0.05, 0) is 43.5 Å². The Hall–Kier alpha value is -2.89. The van der Waals surface area contributed by atoms with Crippen LogP contribution in [0, 0.1) is 13.8 Å². The minimum atomic E-state index is 0.173. The Morgan fingerprint density at radius 2 is 1.96 bits per heavy atom. The van der Waals surface area contributed by atoms with Gasteiger partial charge in [-0.25, -0.2) is 4.98 Å². The summed E-state index contributed by atoms with van der Waals surface area (Å²) in [7, 11) is 0. The number of rotatable bonds is 3. The monoisotopic (exact) mass is 363 g/mol. The largest absolute Gasteiger partial charge is 0.369 e. The van der Waals surface area contributed by atoms with Crippen molar-refractivity contribution in [3.05, 3.63) is 59.8 Å². The van der Waals surface area contributed by atoms with Gasteiger partial charge in [0.15, 0.2) is 0 Å². The van der Waals surface area contributed by atoms with Crippen LogP contribution in [0.5, 0.6) is 0 Å². The second-order valence-electron chi connectivity index (χ2n) is 7.19. The van der Waals surface area contributed by atoms with E-state index in [1.165, 1.54) is 11.3 Å². The molecule has 3 aromatic rings. The number of anilines is 1. The average Bonchev–Trinajstić information content (AvgIpc) is 2.92. The molecule has 0 atom stereocenters. The highest BCUT2D eigenvalue weighted by atomic mass is 16.2. The molecule has 1 aliphatic heterocycles. The zero-order valence-electron chi connectivity index (χ0n) is 15.9. The first-order valence-electron chi connectivity index (χ1n) is 9.48. The maximum absolute atomic E-state index is 12.9. The van der Waals surface area contributed by atoms with Crippen LogP contribution < -0.4 is 4.90 Å². The van der Waals surface area contributed by atoms with E-state index in [1.54, 1.807) is 0 Å². The molecule has 27 heavy (non-hydrogen) atoms. The van der Waals surface area contributed by atoms with Gasteiger partial charge in [-0.2, -0.15) is 0 Å². The molecule has 3 aromatic heterocycles. The van der Waals surface area contributed by atoms with Crippen molar-refractivity contribution < 1.29 is 4.79 Å². The molecule has 0 bridgehead atoms. The lowest BCUT2D eigenvalue weighted by Gasteiger charge is -2.25. The first-order chi connectivity index (χ1) is 13.1. The lowest BCUT2D eigenvalue weighted by Crippen LogP contribution is -2.36. The predicted octanol–water partition coefficient (Wildman–Crippen LogP) is 2.63. The van der Waals surface area contributed by atoms with E-state index in [1.807, 2.05) is 53.1 Å². The highest BCUT2D eigenvalue weighted by Gasteiger charge is 2.21. The highest BCUT2D eigenvalue weighted by molar-refractivity contribution is 5.79. The Morgan fingerprint density at radius 3 is 2.81 bits per heavy atom. The summed E-state index contributed by atoms with van der Waals surface area (Å²) in [6.45, 7) is 7.49. The van der Waals surface area contributed by atoms with Crippen molar-refractivity contribution in [2.75, 3.05) is 31.1 Å². The maximum Gasteiger partial charge on any atom is 0.228 e. The summed E-state index contributed by atoms with van der Waals surface area (Å²) in [4.78, 5) is 25.9. The lowest BCUT2D eigenvalue weighted by atomic mass is 10.2. The van der Waals surface area contributed by atoms with Crippen molar-refractivity contribution in [2.45, 2.75) is 26.7 Å². The topological polar surface area (TPSA) is 53.7 Å². The molecule has 0 N–H and O–H groups in total. The number of carbonyl (C=O) groups excluding carboxylic acids is 1. The maximum atomic E-state index is 12.9. The second kappa shape index (κ2) is 7.39. The Kier molecular flexibility index (Phi) is 4.79. The summed E-state index contributed by atoms with van der Waals surface area (Å²) in [5.74, 6) is 0.173. The van der Waals surface area contributed by atoms with Crippen LogP contribution in [0.25, 0.3) is 5.65 Å². The number of amides is 1. The van der Waals surface area contributed by atoms with Gasteiger partial charge >= 0.3 is 0 Å². The summed E-state index contributed by atoms with van der Waals surface area (Å²) < 4.78 is 2.03. The number of carbonyl (C=O) groups is 1. The molecule has 4 heterocycles. The summed E-state index contributed by atoms with van der Waals surface area (Å²) in [6.07, 6.45) is 8.90. The van der Waals surface area contributed by atoms with Crippen molar-refractivity contribution in [1.82, 2.24) is 19.3 Å². The fraction of sp³-hybridized carbons (Fsp3) is 0.381. The van der Waals surface area contributed by atoms with E-state index in [0.29, 0.717) is 6.42 Å². The average molecular weight is 363 g/mol. The number of imidazole rings is 1. The molecular weight excluding hydrogens is 338 g/mol. The predicted molar refractivity (Wildman–Crippen MR) is 106 cm³/mol. The van der Waals surface area contributed by atoms with E-state index < -0.39 is 0 Å². The Balaban J connectivity index is 1.45. The van der Waals surface area contributed by atoms with E-state index in [9.17, 15) is 4.79 Å². The number of hydrogen-bond donors (Lipinski definition) is 0. The molecule has 6 nitrogen and oxygen atoms in total. The number of nitrogens with zero attached hydrogens (tertiary/aromatic N) is 5. The zero-order valence-corrected chi connectivity index (χ0v) is 15.9. The molecule has 1 fully saturated rings. The van der Waals surface area contributed by atoms with Gasteiger partial charge in [0.25, 0.3) is 0 Å². The number of hydrogen-bond acceptors (Lipinski definition) is 4. The second-order valence-corrected chi connectivity index (χ2v) is 7.19. The van der Waals surface area contributed by atoms with Gasteiger partial charge in [-0.1, -0.05) is 6.07 Å². The van der Waals surface area contributed by atoms with Crippen molar-refractivity contribution in [3.63, 3.8) is 0 Å². The van der Waals surface area contributed by atoms with Gasteiger partial charge in [0.2, 0.25) is 5.91 Å². The number of fused-ring (bicyclic) bond motifs is 1. The quantitative estimate of drug-likeness (QED) is 0.718. The van der Waals surface area contributed by atoms with Crippen LogP contribution >= 0.6 is 0 Å². The van der Waals surface area contributed by atoms with Gasteiger partial charge < -0.3 is 14.2 Å². The third-order valence-electron chi connectivity index (χ3n) is 5.32. The number of aryl methyl sites for hydroxylation is 2. The summed E-state index contributed by atoms with van der Waals surface area (Å²) in [6, 6.07) is 6.10. The van der Waals surface area contributed by atoms with Crippen LogP contribution in [0.4, 0.5) is 5.69 Å². The third-order valence-corrected chi connectivity index (χ3v) is 5.32. The molecule has 0 unspecified atom stereocenters. The molecule has 1 amide bonds. The van der Waals surface area contributed by atoms with Gasteiger partial charge in [0.1, 0.15) is 5.65 Å². The molecule has 0 spiro atoms. The molecular formula is C21H25N5O. The minimum absolute atomic E-state index is 0.173. The van der Waals surface area contributed by atoms with Crippen LogP contribution in [0.2, 0.25) is 0 Å². The first kappa shape index (κ1) is 17.5. The summed E-state index contributed by atoms with van der Waals surface area (Å²) in [5.41, 5.74) is 5.39. The Morgan fingerprint density at radius 1 is 1.07 bits per heavy atom. The normalized spacial score (nSPS) is 15.2. The van der Waals surface area contributed by atoms with Crippen LogP contribution in [-0.2, 0) is 11.2 Å². The highest BCUT2D eigenvalue weighted by Crippen LogP contribution is 2.20. The van der Waals surface area contributed by atoms with Crippen molar-refractivity contribution in [1.29, 1.82) is 0 Å². The SMILES string of the molecule is Cc1cnccc1N1CCCN(C(=O)Cc2cnc3c(C)cccn23)CC1. The smallest absolute Gasteiger partial charge is 0.228 e. The molecule has 0 aliphatic carbocycles. The molecule has 1 saturated heterocycles. The fourth-order valence-corrected chi connectivity index (χ4v) is 3.83. The lowest BCUT2D eigenvalue weighted by molar-refractivity contribution is -0.130. The molecule has 0 aromatic carbocycles. The van der Waals surface area contributed by atoms with E-state index in [0.717, 1.165) is 49.5 Å². The van der Waals surface area contributed by atoms with Crippen LogP contribution in [0.15, 0.2) is 43.0 Å². The third kappa shape index (κ3) is 3.52. The Labute approximate surface area is 159 Å². The van der Waals surface area contributed by atoms with E-state index in [4.69, 9.17) is 0 Å². The van der Waals surface area contributed by atoms with Crippen molar-refractivity contribution in [3.8, 4) is 0 Å². The van der Waals surface area contributed by atoms with E-state index in [-0.39, 0.29) is 5.91 Å². The van der Waals surface area contributed by atoms with Gasteiger partial charge in [-0.15, -0.1) is 0 Å². The van der Waals surface area contributed by atoms with Crippen molar-refractivity contribution in [2.24, 2.45) is 0 Å². The summed E-state index contributed by atoms with van der Waals surface area (Å²) in [5, 5.41) is 0. The van der Waals surface area contributed by atoms with E-state index in [2.05, 4.69) is 27.9 Å². The van der Waals surface area contributed by atoms with Gasteiger partial charge in [0, 0.05) is 56.7 Å².